The van der Waals surface area contributed by atoms with Crippen LogP contribution in [0.15, 0.2) is 36.2 Å². The highest BCUT2D eigenvalue weighted by molar-refractivity contribution is 5.88. The molecule has 0 spiro atoms. The Morgan fingerprint density at radius 3 is 2.20 bits per heavy atom. The van der Waals surface area contributed by atoms with Crippen LogP contribution in [0.25, 0.3) is 10.9 Å². The van der Waals surface area contributed by atoms with Crippen molar-refractivity contribution in [3.63, 3.8) is 0 Å². The van der Waals surface area contributed by atoms with Crippen molar-refractivity contribution in [2.75, 3.05) is 118 Å². The fourth-order valence-electron chi connectivity index (χ4n) is 7.98. The van der Waals surface area contributed by atoms with Gasteiger partial charge in [-0.3, -0.25) is 9.91 Å². The van der Waals surface area contributed by atoms with Crippen molar-refractivity contribution in [3.8, 4) is 0 Å². The molecule has 2 fully saturated rings. The Labute approximate surface area is 338 Å². The highest BCUT2D eigenvalue weighted by Gasteiger charge is 2.31. The second-order valence-electron chi connectivity index (χ2n) is 17.1. The van der Waals surface area contributed by atoms with Gasteiger partial charge in [0, 0.05) is 49.4 Å². The van der Waals surface area contributed by atoms with E-state index in [0.717, 1.165) is 80.6 Å². The van der Waals surface area contributed by atoms with Gasteiger partial charge in [0.1, 0.15) is 11.6 Å². The summed E-state index contributed by atoms with van der Waals surface area (Å²) in [5, 5.41) is 6.76. The van der Waals surface area contributed by atoms with Crippen molar-refractivity contribution in [3.05, 3.63) is 42.0 Å². The summed E-state index contributed by atoms with van der Waals surface area (Å²) >= 11 is 0. The number of benzene rings is 1. The monoisotopic (exact) mass is 782 g/mol. The molecule has 0 radical (unpaired) electrons. The number of likely N-dealkylation sites (N-methyl/N-ethyl adjacent to an activating group) is 1. The number of hydrazine groups is 2. The van der Waals surface area contributed by atoms with E-state index >= 15 is 0 Å². The highest BCUT2D eigenvalue weighted by Crippen LogP contribution is 2.39. The molecule has 1 saturated heterocycles. The first-order valence-electron chi connectivity index (χ1n) is 21.7. The lowest BCUT2D eigenvalue weighted by atomic mass is 9.71. The van der Waals surface area contributed by atoms with Crippen LogP contribution in [0.3, 0.4) is 0 Å². The second kappa shape index (κ2) is 24.3. The molecule has 2 aliphatic heterocycles. The Morgan fingerprint density at radius 2 is 1.48 bits per heavy atom. The summed E-state index contributed by atoms with van der Waals surface area (Å²) in [5.74, 6) is 2.65. The fraction of sp³-hybridized carbons (Fsp3) is 0.767. The summed E-state index contributed by atoms with van der Waals surface area (Å²) in [6, 6.07) is 8.94. The molecule has 1 aromatic carbocycles. The Kier molecular flexibility index (Phi) is 19.3. The zero-order valence-corrected chi connectivity index (χ0v) is 35.5. The van der Waals surface area contributed by atoms with Crippen LogP contribution in [0.5, 0.6) is 0 Å². The van der Waals surface area contributed by atoms with Crippen molar-refractivity contribution < 1.29 is 18.9 Å². The molecule has 3 heterocycles. The SMILES string of the molecule is CN(CCCNc1nc(CN(C)C2CCC(C(C)(C)C)CC2)nc2ccccc12)CCOCCOCCOCCOCCN1C=C(CCN2CCCCC2)NN1. The van der Waals surface area contributed by atoms with Crippen LogP contribution in [0.1, 0.15) is 84.4 Å². The van der Waals surface area contributed by atoms with Gasteiger partial charge in [0.15, 0.2) is 0 Å². The summed E-state index contributed by atoms with van der Waals surface area (Å²) in [6.07, 6.45) is 13.4. The van der Waals surface area contributed by atoms with E-state index in [2.05, 4.69) is 101 Å². The number of fused-ring (bicyclic) bond motifs is 1. The first-order chi connectivity index (χ1) is 27.2. The van der Waals surface area contributed by atoms with Crippen LogP contribution in [0.2, 0.25) is 0 Å². The molecular formula is C43H75N9O4. The van der Waals surface area contributed by atoms with Crippen LogP contribution in [-0.2, 0) is 25.5 Å². The minimum absolute atomic E-state index is 0.401. The lowest BCUT2D eigenvalue weighted by Crippen LogP contribution is -2.38. The van der Waals surface area contributed by atoms with Gasteiger partial charge in [0.05, 0.1) is 71.5 Å². The van der Waals surface area contributed by atoms with Gasteiger partial charge in [0.25, 0.3) is 0 Å². The first kappa shape index (κ1) is 44.5. The van der Waals surface area contributed by atoms with Gasteiger partial charge in [-0.1, -0.05) is 39.3 Å². The number of likely N-dealkylation sites (tertiary alicyclic amines) is 1. The molecule has 56 heavy (non-hydrogen) atoms. The van der Waals surface area contributed by atoms with Crippen LogP contribution in [0, 0.1) is 11.3 Å². The molecule has 0 unspecified atom stereocenters. The number of nitrogens with zero attached hydrogens (tertiary/aromatic N) is 6. The molecule has 2 aromatic rings. The van der Waals surface area contributed by atoms with Gasteiger partial charge in [-0.2, -0.15) is 0 Å². The third-order valence-electron chi connectivity index (χ3n) is 11.6. The van der Waals surface area contributed by atoms with Crippen LogP contribution >= 0.6 is 0 Å². The molecule has 13 heteroatoms. The number of anilines is 1. The Hall–Kier alpha value is -2.62. The minimum atomic E-state index is 0.401. The maximum Gasteiger partial charge on any atom is 0.145 e. The van der Waals surface area contributed by atoms with Crippen LogP contribution in [-0.4, -0.2) is 148 Å². The van der Waals surface area contributed by atoms with Crippen molar-refractivity contribution in [1.29, 1.82) is 0 Å². The number of piperidine rings is 1. The fourth-order valence-corrected chi connectivity index (χ4v) is 7.98. The van der Waals surface area contributed by atoms with E-state index in [-0.39, 0.29) is 0 Å². The van der Waals surface area contributed by atoms with E-state index in [9.17, 15) is 0 Å². The molecule has 316 valence electrons. The van der Waals surface area contributed by atoms with Crippen molar-refractivity contribution in [1.82, 2.24) is 40.6 Å². The predicted octanol–water partition coefficient (Wildman–Crippen LogP) is 5.51. The van der Waals surface area contributed by atoms with E-state index in [1.54, 1.807) is 0 Å². The van der Waals surface area contributed by atoms with Gasteiger partial charge in [-0.15, -0.1) is 5.53 Å². The largest absolute Gasteiger partial charge is 0.378 e. The number of aromatic nitrogens is 2. The molecule has 0 bridgehead atoms. The average molecular weight is 782 g/mol. The standard InChI is InChI=1S/C43H75N9O4/c1-43(2,3)36-14-16-38(17-15-36)50(5)35-41-45-40-13-8-7-12-39(40)42(46-41)44-19-11-20-49(4)24-26-53-28-30-55-32-33-56-31-29-54-27-25-52-34-37(47-48-52)18-23-51-21-9-6-10-22-51/h7-8,12-13,34,36,38,47-48H,6,9-11,14-33,35H2,1-5H3,(H,44,45,46). The summed E-state index contributed by atoms with van der Waals surface area (Å²) in [5.41, 5.74) is 9.12. The smallest absolute Gasteiger partial charge is 0.145 e. The predicted molar refractivity (Wildman–Crippen MR) is 226 cm³/mol. The molecular weight excluding hydrogens is 707 g/mol. The summed E-state index contributed by atoms with van der Waals surface area (Å²) in [6.45, 7) is 19.8. The van der Waals surface area contributed by atoms with E-state index < -0.39 is 0 Å². The first-order valence-corrected chi connectivity index (χ1v) is 21.7. The number of rotatable bonds is 26. The third-order valence-corrected chi connectivity index (χ3v) is 11.6. The van der Waals surface area contributed by atoms with Gasteiger partial charge < -0.3 is 39.5 Å². The van der Waals surface area contributed by atoms with E-state index in [0.29, 0.717) is 64.3 Å². The summed E-state index contributed by atoms with van der Waals surface area (Å²) in [7, 11) is 4.39. The Morgan fingerprint density at radius 1 is 0.804 bits per heavy atom. The van der Waals surface area contributed by atoms with Gasteiger partial charge in [0.2, 0.25) is 0 Å². The Balaban J connectivity index is 0.832. The molecule has 3 N–H and O–H groups in total. The van der Waals surface area contributed by atoms with Crippen molar-refractivity contribution in [2.24, 2.45) is 11.3 Å². The summed E-state index contributed by atoms with van der Waals surface area (Å²) < 4.78 is 22.9. The van der Waals surface area contributed by atoms with Crippen molar-refractivity contribution >= 4 is 16.7 Å². The van der Waals surface area contributed by atoms with Crippen LogP contribution in [0.4, 0.5) is 5.82 Å². The normalized spacial score (nSPS) is 19.6. The quantitative estimate of drug-likeness (QED) is 0.105. The summed E-state index contributed by atoms with van der Waals surface area (Å²) in [4.78, 5) is 17.3. The molecule has 1 aromatic heterocycles. The molecule has 1 saturated carbocycles. The number of nitrogens with one attached hydrogen (secondary N) is 3. The Bertz CT molecular complexity index is 1410. The molecule has 5 rings (SSSR count). The number of hydrogen-bond acceptors (Lipinski definition) is 13. The van der Waals surface area contributed by atoms with E-state index in [4.69, 9.17) is 28.9 Å². The van der Waals surface area contributed by atoms with Gasteiger partial charge in [-0.05, 0) is 102 Å². The maximum absolute atomic E-state index is 5.81. The number of para-hydroxylation sites is 1. The molecule has 13 nitrogen and oxygen atoms in total. The molecule has 1 aliphatic carbocycles. The van der Waals surface area contributed by atoms with Gasteiger partial charge >= 0.3 is 0 Å². The molecule has 3 aliphatic rings. The lowest BCUT2D eigenvalue weighted by molar-refractivity contribution is -0.00518. The zero-order valence-electron chi connectivity index (χ0n) is 35.5. The van der Waals surface area contributed by atoms with Crippen LogP contribution < -0.4 is 16.3 Å². The van der Waals surface area contributed by atoms with E-state index in [1.807, 2.05) is 0 Å². The highest BCUT2D eigenvalue weighted by atomic mass is 16.6. The second-order valence-corrected chi connectivity index (χ2v) is 17.1. The topological polar surface area (TPSA) is 112 Å². The third kappa shape index (κ3) is 16.0. The maximum atomic E-state index is 5.81. The minimum Gasteiger partial charge on any atom is -0.378 e. The zero-order chi connectivity index (χ0) is 39.4. The molecule has 0 amide bonds. The average Bonchev–Trinajstić information content (AvgIpc) is 3.66. The lowest BCUT2D eigenvalue weighted by Gasteiger charge is -2.39. The van der Waals surface area contributed by atoms with E-state index in [1.165, 1.54) is 63.7 Å². The number of hydrogen-bond donors (Lipinski definition) is 3. The number of ether oxygens (including phenoxy) is 4. The van der Waals surface area contributed by atoms with Crippen molar-refractivity contribution in [2.45, 2.75) is 91.1 Å². The van der Waals surface area contributed by atoms with Gasteiger partial charge in [-0.25, -0.2) is 9.97 Å². The molecule has 0 atom stereocenters.